The van der Waals surface area contributed by atoms with Crippen molar-refractivity contribution in [2.45, 2.75) is 45.1 Å². The van der Waals surface area contributed by atoms with Gasteiger partial charge < -0.3 is 5.11 Å². The maximum Gasteiger partial charge on any atom is 0.132 e. The van der Waals surface area contributed by atoms with Crippen LogP contribution in [0.3, 0.4) is 0 Å². The second-order valence-electron chi connectivity index (χ2n) is 3.52. The van der Waals surface area contributed by atoms with Crippen LogP contribution in [0.1, 0.15) is 39.0 Å². The molecule has 1 atom stereocenters. The molecule has 1 fully saturated rings. The number of rotatable bonds is 3. The zero-order valence-corrected chi connectivity index (χ0v) is 7.05. The molecular weight excluding hydrogens is 140 g/mol. The summed E-state index contributed by atoms with van der Waals surface area (Å²) in [6.07, 6.45) is 4.64. The number of aliphatic hydroxyl groups is 1. The first-order valence-corrected chi connectivity index (χ1v) is 4.37. The molecule has 0 aromatic carbocycles. The SMILES string of the molecule is CC(=O)C[C@@H](O)C1CCCC1. The number of hydrogen-bond donors (Lipinski definition) is 1. The van der Waals surface area contributed by atoms with Gasteiger partial charge in [-0.3, -0.25) is 4.79 Å². The van der Waals surface area contributed by atoms with Crippen molar-refractivity contribution in [3.63, 3.8) is 0 Å². The van der Waals surface area contributed by atoms with Crippen molar-refractivity contribution in [2.75, 3.05) is 0 Å². The van der Waals surface area contributed by atoms with E-state index >= 15 is 0 Å². The Morgan fingerprint density at radius 2 is 2.09 bits per heavy atom. The minimum absolute atomic E-state index is 0.101. The summed E-state index contributed by atoms with van der Waals surface area (Å²) in [6, 6.07) is 0. The fourth-order valence-corrected chi connectivity index (χ4v) is 1.80. The molecule has 0 aliphatic heterocycles. The molecule has 64 valence electrons. The van der Waals surface area contributed by atoms with Gasteiger partial charge in [-0.15, -0.1) is 0 Å². The van der Waals surface area contributed by atoms with Crippen molar-refractivity contribution in [1.29, 1.82) is 0 Å². The van der Waals surface area contributed by atoms with Crippen LogP contribution >= 0.6 is 0 Å². The highest BCUT2D eigenvalue weighted by Gasteiger charge is 2.23. The number of Topliss-reactive ketones (excluding diaryl/α,β-unsaturated/α-hetero) is 1. The number of hydrogen-bond acceptors (Lipinski definition) is 2. The Bertz CT molecular complexity index is 136. The molecule has 1 aliphatic carbocycles. The highest BCUT2D eigenvalue weighted by Crippen LogP contribution is 2.28. The molecule has 0 amide bonds. The third kappa shape index (κ3) is 2.62. The monoisotopic (exact) mass is 156 g/mol. The van der Waals surface area contributed by atoms with Gasteiger partial charge in [0.25, 0.3) is 0 Å². The van der Waals surface area contributed by atoms with E-state index in [2.05, 4.69) is 0 Å². The van der Waals surface area contributed by atoms with E-state index in [9.17, 15) is 9.90 Å². The van der Waals surface area contributed by atoms with E-state index in [4.69, 9.17) is 0 Å². The molecule has 1 aliphatic rings. The lowest BCUT2D eigenvalue weighted by molar-refractivity contribution is -0.119. The molecule has 0 radical (unpaired) electrons. The lowest BCUT2D eigenvalue weighted by Gasteiger charge is -2.15. The first-order valence-electron chi connectivity index (χ1n) is 4.37. The van der Waals surface area contributed by atoms with Crippen molar-refractivity contribution in [1.82, 2.24) is 0 Å². The van der Waals surface area contributed by atoms with Gasteiger partial charge in [0.2, 0.25) is 0 Å². The van der Waals surface area contributed by atoms with Gasteiger partial charge in [-0.2, -0.15) is 0 Å². The molecule has 0 heterocycles. The van der Waals surface area contributed by atoms with Crippen LogP contribution in [0.15, 0.2) is 0 Å². The Labute approximate surface area is 67.6 Å². The van der Waals surface area contributed by atoms with E-state index in [0.29, 0.717) is 12.3 Å². The van der Waals surface area contributed by atoms with Gasteiger partial charge in [-0.25, -0.2) is 0 Å². The third-order valence-corrected chi connectivity index (χ3v) is 2.44. The van der Waals surface area contributed by atoms with Crippen molar-refractivity contribution in [2.24, 2.45) is 5.92 Å². The summed E-state index contributed by atoms with van der Waals surface area (Å²) < 4.78 is 0. The van der Waals surface area contributed by atoms with Gasteiger partial charge >= 0.3 is 0 Å². The quantitative estimate of drug-likeness (QED) is 0.672. The Morgan fingerprint density at radius 1 is 1.55 bits per heavy atom. The average Bonchev–Trinajstić information content (AvgIpc) is 2.35. The normalized spacial score (nSPS) is 22.0. The Morgan fingerprint density at radius 3 is 2.55 bits per heavy atom. The van der Waals surface area contributed by atoms with Gasteiger partial charge in [0.15, 0.2) is 0 Å². The Kier molecular flexibility index (Phi) is 3.06. The van der Waals surface area contributed by atoms with Crippen LogP contribution in [-0.4, -0.2) is 17.0 Å². The van der Waals surface area contributed by atoms with Gasteiger partial charge in [-0.05, 0) is 25.7 Å². The van der Waals surface area contributed by atoms with Crippen molar-refractivity contribution < 1.29 is 9.90 Å². The van der Waals surface area contributed by atoms with Crippen LogP contribution in [0.5, 0.6) is 0 Å². The summed E-state index contributed by atoms with van der Waals surface area (Å²) in [4.78, 5) is 10.7. The lowest BCUT2D eigenvalue weighted by Crippen LogP contribution is -2.20. The molecule has 0 saturated heterocycles. The van der Waals surface area contributed by atoms with Gasteiger partial charge in [0.1, 0.15) is 5.78 Å². The van der Waals surface area contributed by atoms with E-state index in [1.807, 2.05) is 0 Å². The highest BCUT2D eigenvalue weighted by atomic mass is 16.3. The predicted octanol–water partition coefficient (Wildman–Crippen LogP) is 1.52. The van der Waals surface area contributed by atoms with Crippen LogP contribution in [0.2, 0.25) is 0 Å². The van der Waals surface area contributed by atoms with Crippen molar-refractivity contribution in [3.8, 4) is 0 Å². The van der Waals surface area contributed by atoms with Gasteiger partial charge in [-0.1, -0.05) is 12.8 Å². The Balaban J connectivity index is 2.28. The molecular formula is C9H16O2. The first-order chi connectivity index (χ1) is 5.20. The summed E-state index contributed by atoms with van der Waals surface area (Å²) in [6.45, 7) is 1.54. The molecule has 0 bridgehead atoms. The smallest absolute Gasteiger partial charge is 0.132 e. The van der Waals surface area contributed by atoms with E-state index in [1.54, 1.807) is 0 Å². The first kappa shape index (κ1) is 8.72. The van der Waals surface area contributed by atoms with Crippen LogP contribution < -0.4 is 0 Å². The number of carbonyl (C=O) groups excluding carboxylic acids is 1. The standard InChI is InChI=1S/C9H16O2/c1-7(10)6-9(11)8-4-2-3-5-8/h8-9,11H,2-6H2,1H3/t9-/m1/s1. The maximum atomic E-state index is 10.7. The molecule has 2 heteroatoms. The zero-order valence-electron chi connectivity index (χ0n) is 7.05. The van der Waals surface area contributed by atoms with E-state index in [1.165, 1.54) is 19.8 Å². The van der Waals surface area contributed by atoms with Crippen LogP contribution in [0, 0.1) is 5.92 Å². The molecule has 0 aromatic rings. The highest BCUT2D eigenvalue weighted by molar-refractivity contribution is 5.75. The van der Waals surface area contributed by atoms with Crippen molar-refractivity contribution in [3.05, 3.63) is 0 Å². The summed E-state index contributed by atoms with van der Waals surface area (Å²) in [5.74, 6) is 0.503. The molecule has 2 nitrogen and oxygen atoms in total. The summed E-state index contributed by atoms with van der Waals surface area (Å²) in [5.41, 5.74) is 0. The van der Waals surface area contributed by atoms with Crippen LogP contribution in [-0.2, 0) is 4.79 Å². The second kappa shape index (κ2) is 3.86. The largest absolute Gasteiger partial charge is 0.392 e. The third-order valence-electron chi connectivity index (χ3n) is 2.44. The fourth-order valence-electron chi connectivity index (χ4n) is 1.80. The molecule has 1 rings (SSSR count). The molecule has 1 N–H and O–H groups in total. The zero-order chi connectivity index (χ0) is 8.27. The molecule has 1 saturated carbocycles. The Hall–Kier alpha value is -0.370. The average molecular weight is 156 g/mol. The van der Waals surface area contributed by atoms with Gasteiger partial charge in [0, 0.05) is 6.42 Å². The molecule has 0 spiro atoms. The lowest BCUT2D eigenvalue weighted by atomic mass is 9.97. The number of carbonyl (C=O) groups is 1. The topological polar surface area (TPSA) is 37.3 Å². The minimum atomic E-state index is -0.366. The molecule has 0 unspecified atom stereocenters. The predicted molar refractivity (Wildman–Crippen MR) is 43.3 cm³/mol. The summed E-state index contributed by atoms with van der Waals surface area (Å²) in [5, 5.41) is 9.50. The fraction of sp³-hybridized carbons (Fsp3) is 0.889. The van der Waals surface area contributed by atoms with E-state index in [0.717, 1.165) is 12.8 Å². The second-order valence-corrected chi connectivity index (χ2v) is 3.52. The molecule has 11 heavy (non-hydrogen) atoms. The summed E-state index contributed by atoms with van der Waals surface area (Å²) >= 11 is 0. The summed E-state index contributed by atoms with van der Waals surface area (Å²) in [7, 11) is 0. The van der Waals surface area contributed by atoms with Crippen molar-refractivity contribution >= 4 is 5.78 Å². The molecule has 0 aromatic heterocycles. The number of ketones is 1. The van der Waals surface area contributed by atoms with Crippen LogP contribution in [0.25, 0.3) is 0 Å². The number of aliphatic hydroxyl groups excluding tert-OH is 1. The maximum absolute atomic E-state index is 10.7. The van der Waals surface area contributed by atoms with E-state index < -0.39 is 0 Å². The van der Waals surface area contributed by atoms with E-state index in [-0.39, 0.29) is 11.9 Å². The minimum Gasteiger partial charge on any atom is -0.392 e. The van der Waals surface area contributed by atoms with Crippen LogP contribution in [0.4, 0.5) is 0 Å². The van der Waals surface area contributed by atoms with Gasteiger partial charge in [0.05, 0.1) is 6.10 Å².